The molecule has 10 heavy (non-hydrogen) atoms. The maximum absolute atomic E-state index is 11.3. The molecule has 2 nitrogen and oxygen atoms in total. The summed E-state index contributed by atoms with van der Waals surface area (Å²) < 4.78 is 5.34. The van der Waals surface area contributed by atoms with Gasteiger partial charge in [0, 0.05) is 0 Å². The van der Waals surface area contributed by atoms with Gasteiger partial charge in [0.1, 0.15) is 6.10 Å². The van der Waals surface area contributed by atoms with Crippen molar-refractivity contribution in [3.8, 4) is 0 Å². The quantitative estimate of drug-likeness (QED) is 0.511. The third-order valence-corrected chi connectivity index (χ3v) is 2.43. The average Bonchev–Trinajstić information content (AvgIpc) is 1.97. The Kier molecular flexibility index (Phi) is 1.59. The molecule has 0 aliphatic carbocycles. The molecule has 2 unspecified atom stereocenters. The van der Waals surface area contributed by atoms with Crippen LogP contribution in [0, 0.1) is 5.41 Å². The Morgan fingerprint density at radius 1 is 1.40 bits per heavy atom. The topological polar surface area (TPSA) is 26.3 Å². The molecule has 2 heteroatoms. The van der Waals surface area contributed by atoms with Crippen LogP contribution in [0.25, 0.3) is 0 Å². The van der Waals surface area contributed by atoms with E-state index < -0.39 is 0 Å². The van der Waals surface area contributed by atoms with Crippen molar-refractivity contribution in [3.05, 3.63) is 0 Å². The Labute approximate surface area is 61.6 Å². The van der Waals surface area contributed by atoms with Crippen LogP contribution in [0.4, 0.5) is 0 Å². The van der Waals surface area contributed by atoms with E-state index in [9.17, 15) is 4.79 Å². The van der Waals surface area contributed by atoms with E-state index in [1.54, 1.807) is 0 Å². The molecule has 0 bridgehead atoms. The maximum atomic E-state index is 11.3. The summed E-state index contributed by atoms with van der Waals surface area (Å²) in [5, 5.41) is 0. The third-order valence-electron chi connectivity index (χ3n) is 2.43. The van der Waals surface area contributed by atoms with Crippen molar-refractivity contribution >= 4 is 5.78 Å². The van der Waals surface area contributed by atoms with Gasteiger partial charge in [-0.2, -0.15) is 0 Å². The van der Waals surface area contributed by atoms with E-state index in [2.05, 4.69) is 0 Å². The lowest BCUT2D eigenvalue weighted by Crippen LogP contribution is -2.28. The predicted molar refractivity (Wildman–Crippen MR) is 38.8 cm³/mol. The molecule has 2 atom stereocenters. The molecule has 0 N–H and O–H groups in total. The van der Waals surface area contributed by atoms with Crippen LogP contribution in [-0.4, -0.2) is 18.0 Å². The number of ether oxygens (including phenoxy) is 1. The Bertz CT molecular complexity index is 161. The fraction of sp³-hybridized carbons (Fsp3) is 0.875. The molecule has 1 rings (SSSR count). The summed E-state index contributed by atoms with van der Waals surface area (Å²) in [7, 11) is 0. The van der Waals surface area contributed by atoms with Crippen molar-refractivity contribution in [2.75, 3.05) is 0 Å². The van der Waals surface area contributed by atoms with Crippen LogP contribution in [-0.2, 0) is 9.53 Å². The van der Waals surface area contributed by atoms with Crippen molar-refractivity contribution < 1.29 is 9.53 Å². The molecule has 0 aromatic rings. The maximum Gasteiger partial charge on any atom is 0.169 e. The lowest BCUT2D eigenvalue weighted by Gasteiger charge is -2.18. The number of hydrogen-bond acceptors (Lipinski definition) is 2. The van der Waals surface area contributed by atoms with E-state index in [0.29, 0.717) is 0 Å². The van der Waals surface area contributed by atoms with Crippen molar-refractivity contribution in [2.24, 2.45) is 5.41 Å². The standard InChI is InChI=1S/C8H14O2/c1-5-7(9)8(3,4)6(2)10-5/h5-6H,1-4H3. The van der Waals surface area contributed by atoms with Gasteiger partial charge in [0.25, 0.3) is 0 Å². The minimum absolute atomic E-state index is 0.0648. The Morgan fingerprint density at radius 2 is 1.90 bits per heavy atom. The van der Waals surface area contributed by atoms with Crippen molar-refractivity contribution in [2.45, 2.75) is 39.9 Å². The molecule has 0 amide bonds. The molecule has 1 heterocycles. The number of ketones is 1. The zero-order valence-electron chi connectivity index (χ0n) is 6.97. The minimum atomic E-state index is -0.278. The van der Waals surface area contributed by atoms with Gasteiger partial charge in [-0.05, 0) is 13.8 Å². The molecule has 0 radical (unpaired) electrons. The number of carbonyl (C=O) groups is 1. The summed E-state index contributed by atoms with van der Waals surface area (Å²) in [6.07, 6.45) is -0.139. The molecule has 0 spiro atoms. The normalized spacial score (nSPS) is 38.6. The fourth-order valence-electron chi connectivity index (χ4n) is 1.26. The van der Waals surface area contributed by atoms with Crippen molar-refractivity contribution in [1.82, 2.24) is 0 Å². The van der Waals surface area contributed by atoms with E-state index >= 15 is 0 Å². The lowest BCUT2D eigenvalue weighted by atomic mass is 9.84. The molecule has 58 valence electrons. The molecule has 1 saturated heterocycles. The second-order valence-corrected chi connectivity index (χ2v) is 3.51. The largest absolute Gasteiger partial charge is 0.367 e. The number of Topliss-reactive ketones (excluding diaryl/α,β-unsaturated/α-hetero) is 1. The van der Waals surface area contributed by atoms with Crippen LogP contribution in [0.1, 0.15) is 27.7 Å². The zero-order chi connectivity index (χ0) is 7.94. The molecule has 1 fully saturated rings. The smallest absolute Gasteiger partial charge is 0.169 e. The molecular formula is C8H14O2. The van der Waals surface area contributed by atoms with Gasteiger partial charge in [-0.3, -0.25) is 4.79 Å². The van der Waals surface area contributed by atoms with Crippen molar-refractivity contribution in [3.63, 3.8) is 0 Å². The van der Waals surface area contributed by atoms with E-state index in [-0.39, 0.29) is 23.4 Å². The summed E-state index contributed by atoms with van der Waals surface area (Å²) in [6.45, 7) is 7.63. The highest BCUT2D eigenvalue weighted by Crippen LogP contribution is 2.33. The molecule has 0 saturated carbocycles. The van der Waals surface area contributed by atoms with Crippen LogP contribution >= 0.6 is 0 Å². The first kappa shape index (κ1) is 7.73. The highest BCUT2D eigenvalue weighted by atomic mass is 16.5. The summed E-state index contributed by atoms with van der Waals surface area (Å²) in [5.74, 6) is 0.222. The van der Waals surface area contributed by atoms with Gasteiger partial charge >= 0.3 is 0 Å². The number of hydrogen-bond donors (Lipinski definition) is 0. The second-order valence-electron chi connectivity index (χ2n) is 3.51. The van der Waals surface area contributed by atoms with E-state index in [4.69, 9.17) is 4.74 Å². The summed E-state index contributed by atoms with van der Waals surface area (Å²) in [6, 6.07) is 0. The summed E-state index contributed by atoms with van der Waals surface area (Å²) in [4.78, 5) is 11.3. The van der Waals surface area contributed by atoms with Gasteiger partial charge in [0.05, 0.1) is 11.5 Å². The van der Waals surface area contributed by atoms with Crippen LogP contribution in [0.2, 0.25) is 0 Å². The van der Waals surface area contributed by atoms with Gasteiger partial charge < -0.3 is 4.74 Å². The highest BCUT2D eigenvalue weighted by Gasteiger charge is 2.44. The monoisotopic (exact) mass is 142 g/mol. The average molecular weight is 142 g/mol. The van der Waals surface area contributed by atoms with Gasteiger partial charge in [-0.25, -0.2) is 0 Å². The molecule has 1 aliphatic rings. The molecular weight excluding hydrogens is 128 g/mol. The first-order valence-electron chi connectivity index (χ1n) is 3.66. The Balaban J connectivity index is 2.85. The summed E-state index contributed by atoms with van der Waals surface area (Å²) >= 11 is 0. The molecule has 1 aliphatic heterocycles. The van der Waals surface area contributed by atoms with Gasteiger partial charge in [-0.15, -0.1) is 0 Å². The van der Waals surface area contributed by atoms with E-state index in [1.807, 2.05) is 27.7 Å². The third kappa shape index (κ3) is 0.870. The van der Waals surface area contributed by atoms with Crippen LogP contribution < -0.4 is 0 Å². The number of carbonyl (C=O) groups excluding carboxylic acids is 1. The van der Waals surface area contributed by atoms with Gasteiger partial charge in [-0.1, -0.05) is 13.8 Å². The van der Waals surface area contributed by atoms with E-state index in [0.717, 1.165) is 0 Å². The highest BCUT2D eigenvalue weighted by molar-refractivity contribution is 5.90. The minimum Gasteiger partial charge on any atom is -0.367 e. The fourth-order valence-corrected chi connectivity index (χ4v) is 1.26. The predicted octanol–water partition coefficient (Wildman–Crippen LogP) is 1.39. The van der Waals surface area contributed by atoms with Crippen LogP contribution in [0.15, 0.2) is 0 Å². The Morgan fingerprint density at radius 3 is 2.00 bits per heavy atom. The van der Waals surface area contributed by atoms with Crippen LogP contribution in [0.5, 0.6) is 0 Å². The number of rotatable bonds is 0. The zero-order valence-corrected chi connectivity index (χ0v) is 6.97. The van der Waals surface area contributed by atoms with Crippen molar-refractivity contribution in [1.29, 1.82) is 0 Å². The SMILES string of the molecule is CC1OC(C)C(C)(C)C1=O. The molecule has 0 aromatic heterocycles. The Hall–Kier alpha value is -0.370. The lowest BCUT2D eigenvalue weighted by molar-refractivity contribution is -0.126. The van der Waals surface area contributed by atoms with Gasteiger partial charge in [0.2, 0.25) is 0 Å². The van der Waals surface area contributed by atoms with Crippen LogP contribution in [0.3, 0.4) is 0 Å². The first-order valence-corrected chi connectivity index (χ1v) is 3.66. The van der Waals surface area contributed by atoms with E-state index in [1.165, 1.54) is 0 Å². The summed E-state index contributed by atoms with van der Waals surface area (Å²) in [5.41, 5.74) is -0.278. The molecule has 0 aromatic carbocycles. The first-order chi connectivity index (χ1) is 4.46. The second kappa shape index (κ2) is 2.06. The van der Waals surface area contributed by atoms with Gasteiger partial charge in [0.15, 0.2) is 5.78 Å².